The molecule has 2 aromatic rings. The van der Waals surface area contributed by atoms with E-state index in [0.717, 1.165) is 5.56 Å². The fourth-order valence-corrected chi connectivity index (χ4v) is 3.67. The van der Waals surface area contributed by atoms with Gasteiger partial charge in [0, 0.05) is 12.0 Å². The molecule has 0 unspecified atom stereocenters. The lowest BCUT2D eigenvalue weighted by Crippen LogP contribution is -2.17. The van der Waals surface area contributed by atoms with Gasteiger partial charge in [0.05, 0.1) is 25.8 Å². The van der Waals surface area contributed by atoms with E-state index in [9.17, 15) is 4.79 Å². The first kappa shape index (κ1) is 16.9. The van der Waals surface area contributed by atoms with Gasteiger partial charge in [-0.3, -0.25) is 4.79 Å². The number of amides is 1. The van der Waals surface area contributed by atoms with Crippen LogP contribution in [-0.4, -0.2) is 24.5 Å². The van der Waals surface area contributed by atoms with Crippen LogP contribution in [0.5, 0.6) is 11.5 Å². The zero-order valence-electron chi connectivity index (χ0n) is 13.3. The maximum Gasteiger partial charge on any atom is 0.231 e. The van der Waals surface area contributed by atoms with Crippen LogP contribution < -0.4 is 14.8 Å². The number of hydrogen-bond acceptors (Lipinski definition) is 3. The Kier molecular flexibility index (Phi) is 4.61. The first-order valence-electron chi connectivity index (χ1n) is 7.44. The zero-order valence-corrected chi connectivity index (χ0v) is 14.8. The molecule has 2 atom stereocenters. The summed E-state index contributed by atoms with van der Waals surface area (Å²) in [6.07, 6.45) is 0. The summed E-state index contributed by atoms with van der Waals surface area (Å²) in [5.74, 6) is 0.162. The lowest BCUT2D eigenvalue weighted by molar-refractivity contribution is -0.117. The molecule has 0 aromatic heterocycles. The Morgan fingerprint density at radius 2 is 1.79 bits per heavy atom. The smallest absolute Gasteiger partial charge is 0.231 e. The molecule has 0 heterocycles. The number of nitrogens with one attached hydrogen (secondary N) is 1. The summed E-state index contributed by atoms with van der Waals surface area (Å²) in [6, 6.07) is 14.7. The first-order chi connectivity index (χ1) is 11.5. The van der Waals surface area contributed by atoms with E-state index in [-0.39, 0.29) is 11.8 Å². The van der Waals surface area contributed by atoms with Crippen molar-refractivity contribution in [1.29, 1.82) is 0 Å². The highest BCUT2D eigenvalue weighted by Gasteiger charge is 2.67. The predicted molar refractivity (Wildman–Crippen MR) is 95.3 cm³/mol. The monoisotopic (exact) mass is 365 g/mol. The number of methoxy groups -OCH3 is 2. The second-order valence-electron chi connectivity index (χ2n) is 5.60. The third-order valence-electron chi connectivity index (χ3n) is 4.16. The van der Waals surface area contributed by atoms with Gasteiger partial charge >= 0.3 is 0 Å². The quantitative estimate of drug-likeness (QED) is 0.806. The molecule has 1 amide bonds. The van der Waals surface area contributed by atoms with Gasteiger partial charge < -0.3 is 14.8 Å². The maximum absolute atomic E-state index is 12.6. The van der Waals surface area contributed by atoms with Crippen LogP contribution in [-0.2, 0) is 4.79 Å². The van der Waals surface area contributed by atoms with Gasteiger partial charge in [0.2, 0.25) is 5.91 Å². The molecule has 1 aliphatic rings. The van der Waals surface area contributed by atoms with Gasteiger partial charge in [-0.2, -0.15) is 0 Å². The molecule has 0 radical (unpaired) electrons. The molecule has 24 heavy (non-hydrogen) atoms. The van der Waals surface area contributed by atoms with Crippen LogP contribution in [0.4, 0.5) is 5.69 Å². The number of carbonyl (C=O) groups excluding carboxylic acids is 1. The number of carbonyl (C=O) groups is 1. The zero-order chi connectivity index (χ0) is 17.3. The van der Waals surface area contributed by atoms with Crippen LogP contribution >= 0.6 is 23.2 Å². The predicted octanol–water partition coefficient (Wildman–Crippen LogP) is 4.23. The van der Waals surface area contributed by atoms with Gasteiger partial charge in [-0.05, 0) is 17.7 Å². The van der Waals surface area contributed by atoms with Crippen molar-refractivity contribution in [2.75, 3.05) is 19.5 Å². The van der Waals surface area contributed by atoms with E-state index < -0.39 is 10.3 Å². The largest absolute Gasteiger partial charge is 0.497 e. The lowest BCUT2D eigenvalue weighted by Gasteiger charge is -2.11. The molecule has 1 N–H and O–H groups in total. The van der Waals surface area contributed by atoms with E-state index in [1.54, 1.807) is 25.3 Å². The van der Waals surface area contributed by atoms with E-state index in [1.807, 2.05) is 30.3 Å². The summed E-state index contributed by atoms with van der Waals surface area (Å²) in [6.45, 7) is 0. The second kappa shape index (κ2) is 6.54. The fraction of sp³-hybridized carbons (Fsp3) is 0.278. The molecule has 0 saturated heterocycles. The third kappa shape index (κ3) is 3.04. The molecule has 2 aromatic carbocycles. The SMILES string of the molecule is COc1ccc(NC(=O)[C@@H]2[C@@H](c3ccccc3)C2(Cl)Cl)c(OC)c1. The number of rotatable bonds is 5. The van der Waals surface area contributed by atoms with Gasteiger partial charge in [-0.15, -0.1) is 23.2 Å². The summed E-state index contributed by atoms with van der Waals surface area (Å²) < 4.78 is 9.34. The highest BCUT2D eigenvalue weighted by molar-refractivity contribution is 6.53. The Morgan fingerprint density at radius 1 is 1.08 bits per heavy atom. The Balaban J connectivity index is 1.79. The van der Waals surface area contributed by atoms with Gasteiger partial charge in [0.25, 0.3) is 0 Å². The number of alkyl halides is 2. The summed E-state index contributed by atoms with van der Waals surface area (Å²) in [4.78, 5) is 12.6. The Morgan fingerprint density at radius 3 is 2.42 bits per heavy atom. The minimum atomic E-state index is -1.11. The van der Waals surface area contributed by atoms with Crippen LogP contribution in [0.15, 0.2) is 48.5 Å². The van der Waals surface area contributed by atoms with Gasteiger partial charge in [0.15, 0.2) is 0 Å². The molecule has 0 bridgehead atoms. The molecule has 4 nitrogen and oxygen atoms in total. The highest BCUT2D eigenvalue weighted by atomic mass is 35.5. The number of anilines is 1. The van der Waals surface area contributed by atoms with Crippen molar-refractivity contribution in [2.24, 2.45) is 5.92 Å². The minimum absolute atomic E-state index is 0.230. The van der Waals surface area contributed by atoms with Gasteiger partial charge in [-0.25, -0.2) is 0 Å². The van der Waals surface area contributed by atoms with E-state index in [0.29, 0.717) is 17.2 Å². The molecule has 1 fully saturated rings. The average molecular weight is 366 g/mol. The minimum Gasteiger partial charge on any atom is -0.497 e. The van der Waals surface area contributed by atoms with E-state index in [4.69, 9.17) is 32.7 Å². The lowest BCUT2D eigenvalue weighted by atomic mass is 10.1. The van der Waals surface area contributed by atoms with Crippen molar-refractivity contribution in [3.05, 3.63) is 54.1 Å². The number of benzene rings is 2. The standard InChI is InChI=1S/C18H17Cl2NO3/c1-23-12-8-9-13(14(10-12)24-2)21-17(22)16-15(18(16,19)20)11-6-4-3-5-7-11/h3-10,15-16H,1-2H3,(H,21,22)/t15-,16+/m1/s1. The van der Waals surface area contributed by atoms with Crippen molar-refractivity contribution >= 4 is 34.8 Å². The molecular formula is C18H17Cl2NO3. The highest BCUT2D eigenvalue weighted by Crippen LogP contribution is 2.65. The van der Waals surface area contributed by atoms with Crippen LogP contribution in [0.25, 0.3) is 0 Å². The molecule has 126 valence electrons. The molecule has 1 aliphatic carbocycles. The Bertz CT molecular complexity index is 749. The summed E-state index contributed by atoms with van der Waals surface area (Å²) >= 11 is 12.7. The molecule has 6 heteroatoms. The molecule has 3 rings (SSSR count). The van der Waals surface area contributed by atoms with Crippen molar-refractivity contribution in [3.63, 3.8) is 0 Å². The third-order valence-corrected chi connectivity index (χ3v) is 5.10. The van der Waals surface area contributed by atoms with Crippen LogP contribution in [0.1, 0.15) is 11.5 Å². The molecule has 0 aliphatic heterocycles. The second-order valence-corrected chi connectivity index (χ2v) is 7.04. The number of hydrogen-bond donors (Lipinski definition) is 1. The topological polar surface area (TPSA) is 47.6 Å². The Labute approximate surface area is 150 Å². The van der Waals surface area contributed by atoms with Crippen molar-refractivity contribution in [1.82, 2.24) is 0 Å². The summed E-state index contributed by atoms with van der Waals surface area (Å²) in [7, 11) is 3.10. The van der Waals surface area contributed by atoms with E-state index >= 15 is 0 Å². The van der Waals surface area contributed by atoms with Gasteiger partial charge in [-0.1, -0.05) is 30.3 Å². The van der Waals surface area contributed by atoms with E-state index in [1.165, 1.54) is 7.11 Å². The van der Waals surface area contributed by atoms with Crippen molar-refractivity contribution < 1.29 is 14.3 Å². The normalized spacial score (nSPS) is 21.0. The fourth-order valence-electron chi connectivity index (χ4n) is 2.84. The summed E-state index contributed by atoms with van der Waals surface area (Å²) in [5.41, 5.74) is 1.50. The Hall–Kier alpha value is -1.91. The first-order valence-corrected chi connectivity index (χ1v) is 8.20. The molecule has 0 spiro atoms. The number of halogens is 2. The van der Waals surface area contributed by atoms with E-state index in [2.05, 4.69) is 5.32 Å². The van der Waals surface area contributed by atoms with Gasteiger partial charge in [0.1, 0.15) is 15.8 Å². The van der Waals surface area contributed by atoms with Crippen LogP contribution in [0.2, 0.25) is 0 Å². The number of ether oxygens (including phenoxy) is 2. The average Bonchev–Trinajstić information content (AvgIpc) is 3.18. The van der Waals surface area contributed by atoms with Crippen LogP contribution in [0, 0.1) is 5.92 Å². The van der Waals surface area contributed by atoms with Crippen LogP contribution in [0.3, 0.4) is 0 Å². The van der Waals surface area contributed by atoms with Crippen molar-refractivity contribution in [3.8, 4) is 11.5 Å². The maximum atomic E-state index is 12.6. The molecular weight excluding hydrogens is 349 g/mol. The summed E-state index contributed by atoms with van der Waals surface area (Å²) in [5, 5.41) is 2.84. The van der Waals surface area contributed by atoms with Crippen molar-refractivity contribution in [2.45, 2.75) is 10.3 Å². The molecule has 1 saturated carbocycles.